The Bertz CT molecular complexity index is 922. The number of aliphatic hydroxyl groups is 2. The number of ether oxygens (including phenoxy) is 2. The van der Waals surface area contributed by atoms with Crippen LogP contribution in [0.3, 0.4) is 0 Å². The van der Waals surface area contributed by atoms with Gasteiger partial charge in [0.2, 0.25) is 0 Å². The van der Waals surface area contributed by atoms with E-state index in [1.807, 2.05) is 0 Å². The molecule has 1 rings (SSSR count). The van der Waals surface area contributed by atoms with Crippen LogP contribution in [0.5, 0.6) is 0 Å². The average molecular weight is 804 g/mol. The Hall–Kier alpha value is -0.0500. The molecule has 11 atom stereocenters. The smallest absolute Gasteiger partial charge is 0.268 e. The SMILES string of the molecule is CC1CCC[C@@H](C)CCC[C@@H](C)CCC[C@@H](C)CCOC[C@@H](COP(=O)([O-])OC[C@H](O)CO)OCC[C@H](C)CCC[C@H](C)CCC[C@H](C)CCCC(C)CC1. The lowest BCUT2D eigenvalue weighted by Crippen LogP contribution is -2.28. The zero-order valence-corrected chi connectivity index (χ0v) is 38.3. The molecule has 0 spiro atoms. The van der Waals surface area contributed by atoms with Gasteiger partial charge in [0.15, 0.2) is 0 Å². The monoisotopic (exact) mass is 804 g/mol. The van der Waals surface area contributed by atoms with Crippen molar-refractivity contribution in [2.75, 3.05) is 39.6 Å². The molecule has 0 aromatic rings. The van der Waals surface area contributed by atoms with Gasteiger partial charge in [0.1, 0.15) is 12.2 Å². The highest BCUT2D eigenvalue weighted by atomic mass is 31.2. The van der Waals surface area contributed by atoms with Gasteiger partial charge in [0.05, 0.1) is 26.4 Å². The maximum absolute atomic E-state index is 12.3. The first-order valence-electron chi connectivity index (χ1n) is 23.3. The molecule has 0 aromatic carbocycles. The summed E-state index contributed by atoms with van der Waals surface area (Å²) in [4.78, 5) is 12.3. The lowest BCUT2D eigenvalue weighted by Gasteiger charge is -2.27. The molecule has 1 aliphatic heterocycles. The van der Waals surface area contributed by atoms with Crippen molar-refractivity contribution in [2.45, 2.75) is 209 Å². The van der Waals surface area contributed by atoms with E-state index < -0.39 is 33.2 Å². The number of hydrogen-bond donors (Lipinski definition) is 2. The van der Waals surface area contributed by atoms with Crippen LogP contribution in [0, 0.1) is 47.3 Å². The molecule has 0 aromatic heterocycles. The molecule has 1 aliphatic rings. The van der Waals surface area contributed by atoms with Crippen molar-refractivity contribution < 1.29 is 38.2 Å². The molecule has 0 amide bonds. The highest BCUT2D eigenvalue weighted by Crippen LogP contribution is 2.38. The minimum absolute atomic E-state index is 0.217. The summed E-state index contributed by atoms with van der Waals surface area (Å²) in [7, 11) is -4.66. The lowest BCUT2D eigenvalue weighted by atomic mass is 9.88. The van der Waals surface area contributed by atoms with E-state index in [9.17, 15) is 14.6 Å². The van der Waals surface area contributed by atoms with Crippen molar-refractivity contribution in [3.05, 3.63) is 0 Å². The Morgan fingerprint density at radius 1 is 0.545 bits per heavy atom. The zero-order chi connectivity index (χ0) is 40.9. The highest BCUT2D eigenvalue weighted by molar-refractivity contribution is 7.45. The fraction of sp³-hybridized carbons (Fsp3) is 1.00. The molecule has 2 N–H and O–H groups in total. The molecule has 9 heteroatoms. The summed E-state index contributed by atoms with van der Waals surface area (Å²) in [6.45, 7) is 19.3. The van der Waals surface area contributed by atoms with Crippen LogP contribution in [0.2, 0.25) is 0 Å². The maximum atomic E-state index is 12.3. The number of rotatable bonds is 7. The Balaban J connectivity index is 2.67. The van der Waals surface area contributed by atoms with Crippen LogP contribution in [0.15, 0.2) is 0 Å². The first-order chi connectivity index (χ1) is 26.2. The molecular weight excluding hydrogens is 711 g/mol. The van der Waals surface area contributed by atoms with E-state index in [-0.39, 0.29) is 13.2 Å². The topological polar surface area (TPSA) is 118 Å². The van der Waals surface area contributed by atoms with Crippen molar-refractivity contribution in [2.24, 2.45) is 47.3 Å². The molecule has 0 aliphatic carbocycles. The van der Waals surface area contributed by atoms with Gasteiger partial charge in [-0.05, 0) is 60.2 Å². The molecule has 1 fully saturated rings. The third-order valence-electron chi connectivity index (χ3n) is 12.6. The predicted molar refractivity (Wildman–Crippen MR) is 228 cm³/mol. The standard InChI is InChI=1S/C46H93O8P/c1-37-15-9-17-39(3)21-13-25-43(7)29-31-51-35-46(36-54-55(49,50)53-34-45(48)33-47)52-32-30-44(8)26-14-22-40(4)18-10-16-38(2)20-12-24-42(6)28-27-41(5)23-11-19-37/h37-48H,9-36H2,1-8H3,(H,49,50)/p-1/t37-,38-,39+,40+,41?,42?,43+,44+,45+,46-/m0/s1. The third kappa shape index (κ3) is 31.5. The summed E-state index contributed by atoms with van der Waals surface area (Å²) >= 11 is 0. The Kier molecular flexibility index (Phi) is 31.5. The maximum Gasteiger partial charge on any atom is 0.268 e. The van der Waals surface area contributed by atoms with Crippen LogP contribution in [0.4, 0.5) is 0 Å². The number of aliphatic hydroxyl groups excluding tert-OH is 2. The second-order valence-corrected chi connectivity index (χ2v) is 20.4. The van der Waals surface area contributed by atoms with Crippen LogP contribution in [0.25, 0.3) is 0 Å². The van der Waals surface area contributed by atoms with Gasteiger partial charge in [-0.2, -0.15) is 0 Å². The van der Waals surface area contributed by atoms with Gasteiger partial charge in [-0.25, -0.2) is 0 Å². The van der Waals surface area contributed by atoms with E-state index in [4.69, 9.17) is 23.6 Å². The Morgan fingerprint density at radius 2 is 0.873 bits per heavy atom. The summed E-state index contributed by atoms with van der Waals surface area (Å²) in [5.41, 5.74) is 0. The molecule has 1 heterocycles. The van der Waals surface area contributed by atoms with Crippen LogP contribution in [-0.4, -0.2) is 62.1 Å². The van der Waals surface area contributed by atoms with Gasteiger partial charge in [0.25, 0.3) is 7.82 Å². The summed E-state index contributed by atoms with van der Waals surface area (Å²) < 4.78 is 34.3. The molecule has 55 heavy (non-hydrogen) atoms. The van der Waals surface area contributed by atoms with Crippen LogP contribution in [-0.2, 0) is 23.1 Å². The average Bonchev–Trinajstić information content (AvgIpc) is 3.13. The van der Waals surface area contributed by atoms with Crippen molar-refractivity contribution in [3.63, 3.8) is 0 Å². The Morgan fingerprint density at radius 3 is 1.24 bits per heavy atom. The van der Waals surface area contributed by atoms with Crippen molar-refractivity contribution in [1.29, 1.82) is 0 Å². The second kappa shape index (κ2) is 32.8. The van der Waals surface area contributed by atoms with Gasteiger partial charge < -0.3 is 33.6 Å². The van der Waals surface area contributed by atoms with E-state index in [0.717, 1.165) is 54.8 Å². The van der Waals surface area contributed by atoms with Crippen molar-refractivity contribution in [3.8, 4) is 0 Å². The molecule has 330 valence electrons. The first-order valence-corrected chi connectivity index (χ1v) is 24.7. The van der Waals surface area contributed by atoms with Gasteiger partial charge in [-0.3, -0.25) is 4.57 Å². The summed E-state index contributed by atoms with van der Waals surface area (Å²) in [5.74, 6) is 5.99. The fourth-order valence-electron chi connectivity index (χ4n) is 8.13. The zero-order valence-electron chi connectivity index (χ0n) is 37.4. The van der Waals surface area contributed by atoms with Crippen molar-refractivity contribution >= 4 is 7.82 Å². The van der Waals surface area contributed by atoms with E-state index in [1.54, 1.807) is 0 Å². The predicted octanol–water partition coefficient (Wildman–Crippen LogP) is 11.9. The highest BCUT2D eigenvalue weighted by Gasteiger charge is 2.19. The fourth-order valence-corrected chi connectivity index (χ4v) is 8.91. The van der Waals surface area contributed by atoms with E-state index in [0.29, 0.717) is 25.0 Å². The second-order valence-electron chi connectivity index (χ2n) is 19.0. The largest absolute Gasteiger partial charge is 0.756 e. The first kappa shape index (κ1) is 53.0. The molecule has 0 saturated carbocycles. The molecule has 0 radical (unpaired) electrons. The Labute approximate surface area is 341 Å². The molecule has 8 nitrogen and oxygen atoms in total. The van der Waals surface area contributed by atoms with E-state index in [1.165, 1.54) is 122 Å². The quantitative estimate of drug-likeness (QED) is 0.244. The van der Waals surface area contributed by atoms with E-state index in [2.05, 4.69) is 55.4 Å². The van der Waals surface area contributed by atoms with Gasteiger partial charge in [-0.1, -0.05) is 184 Å². The van der Waals surface area contributed by atoms with Gasteiger partial charge >= 0.3 is 0 Å². The van der Waals surface area contributed by atoms with Gasteiger partial charge in [-0.15, -0.1) is 0 Å². The number of hydrogen-bond acceptors (Lipinski definition) is 8. The molecule has 3 unspecified atom stereocenters. The minimum Gasteiger partial charge on any atom is -0.756 e. The normalized spacial score (nSPS) is 33.9. The van der Waals surface area contributed by atoms with E-state index >= 15 is 0 Å². The summed E-state index contributed by atoms with van der Waals surface area (Å²) in [5, 5.41) is 18.5. The molecule has 0 bridgehead atoms. The number of phosphoric ester groups is 1. The van der Waals surface area contributed by atoms with Crippen LogP contribution in [0.1, 0.15) is 197 Å². The third-order valence-corrected chi connectivity index (χ3v) is 13.5. The van der Waals surface area contributed by atoms with Crippen LogP contribution < -0.4 is 4.89 Å². The summed E-state index contributed by atoms with van der Waals surface area (Å²) in [6.07, 6.45) is 26.5. The molecule has 1 saturated heterocycles. The number of phosphoric acid groups is 1. The summed E-state index contributed by atoms with van der Waals surface area (Å²) in [6, 6.07) is 0. The minimum atomic E-state index is -4.66. The van der Waals surface area contributed by atoms with Gasteiger partial charge in [0, 0.05) is 13.2 Å². The lowest BCUT2D eigenvalue weighted by molar-refractivity contribution is -0.230. The van der Waals surface area contributed by atoms with Crippen LogP contribution >= 0.6 is 7.82 Å². The molecular formula is C46H92O8P-. The van der Waals surface area contributed by atoms with Crippen molar-refractivity contribution in [1.82, 2.24) is 0 Å².